The second-order valence-corrected chi connectivity index (χ2v) is 6.53. The first-order valence-electron chi connectivity index (χ1n) is 7.56. The number of primary amides is 1. The van der Waals surface area contributed by atoms with E-state index in [0.29, 0.717) is 22.0 Å². The molecule has 3 rings (SSSR count). The zero-order valence-corrected chi connectivity index (χ0v) is 15.0. The van der Waals surface area contributed by atoms with E-state index in [9.17, 15) is 9.59 Å². The molecule has 0 bridgehead atoms. The maximum absolute atomic E-state index is 12.1. The van der Waals surface area contributed by atoms with E-state index in [1.54, 1.807) is 30.3 Å². The molecule has 3 N–H and O–H groups in total. The minimum absolute atomic E-state index is 0.0566. The molecule has 0 saturated heterocycles. The van der Waals surface area contributed by atoms with Crippen molar-refractivity contribution in [1.29, 1.82) is 0 Å². The smallest absolute Gasteiger partial charge is 0.338 e. The van der Waals surface area contributed by atoms with Gasteiger partial charge in [0.2, 0.25) is 0 Å². The third-order valence-corrected chi connectivity index (χ3v) is 4.65. The summed E-state index contributed by atoms with van der Waals surface area (Å²) in [6.07, 6.45) is 0. The number of carbonyl (C=O) groups excluding carboxylic acids is 2. The fourth-order valence-corrected chi connectivity index (χ4v) is 3.31. The van der Waals surface area contributed by atoms with Gasteiger partial charge in [-0.2, -0.15) is 0 Å². The van der Waals surface area contributed by atoms with E-state index in [1.165, 1.54) is 11.3 Å². The topological polar surface area (TPSA) is 94.3 Å². The number of thiazole rings is 1. The van der Waals surface area contributed by atoms with Gasteiger partial charge < -0.3 is 15.8 Å². The molecule has 132 valence electrons. The molecule has 0 unspecified atom stereocenters. The largest absolute Gasteiger partial charge is 0.456 e. The highest BCUT2D eigenvalue weighted by Crippen LogP contribution is 2.30. The Hall–Kier alpha value is -2.90. The number of hydrogen-bond donors (Lipinski definition) is 2. The number of rotatable bonds is 5. The van der Waals surface area contributed by atoms with Crippen molar-refractivity contribution in [2.45, 2.75) is 6.61 Å². The normalized spacial score (nSPS) is 10.3. The van der Waals surface area contributed by atoms with Crippen LogP contribution in [0.4, 0.5) is 10.5 Å². The molecule has 0 aliphatic carbocycles. The molecular weight excluding hydrogens is 374 g/mol. The summed E-state index contributed by atoms with van der Waals surface area (Å²) in [5, 5.41) is 5.63. The van der Waals surface area contributed by atoms with Crippen LogP contribution < -0.4 is 11.1 Å². The summed E-state index contributed by atoms with van der Waals surface area (Å²) >= 11 is 7.60. The maximum atomic E-state index is 12.1. The van der Waals surface area contributed by atoms with Crippen LogP contribution >= 0.6 is 22.9 Å². The van der Waals surface area contributed by atoms with Crippen molar-refractivity contribution in [2.24, 2.45) is 5.73 Å². The molecule has 2 aromatic carbocycles. The number of nitrogens with zero attached hydrogens (tertiary/aromatic N) is 1. The van der Waals surface area contributed by atoms with Gasteiger partial charge in [-0.15, -0.1) is 11.3 Å². The quantitative estimate of drug-likeness (QED) is 0.637. The molecule has 3 aromatic rings. The van der Waals surface area contributed by atoms with Crippen molar-refractivity contribution in [1.82, 2.24) is 4.98 Å². The highest BCUT2D eigenvalue weighted by atomic mass is 35.5. The number of halogens is 1. The molecule has 26 heavy (non-hydrogen) atoms. The Morgan fingerprint density at radius 2 is 1.88 bits per heavy atom. The van der Waals surface area contributed by atoms with Crippen LogP contribution in [0, 0.1) is 0 Å². The Kier molecular flexibility index (Phi) is 5.50. The number of carbonyl (C=O) groups is 2. The number of ether oxygens (including phenoxy) is 1. The number of anilines is 1. The van der Waals surface area contributed by atoms with Crippen molar-refractivity contribution in [2.75, 3.05) is 5.32 Å². The average Bonchev–Trinajstić information content (AvgIpc) is 3.09. The Bertz CT molecular complexity index is 941. The maximum Gasteiger partial charge on any atom is 0.338 e. The second kappa shape index (κ2) is 7.99. The van der Waals surface area contributed by atoms with E-state index >= 15 is 0 Å². The Labute approximate surface area is 158 Å². The predicted octanol–water partition coefficient (Wildman–Crippen LogP) is 4.31. The molecule has 0 aliphatic heterocycles. The number of esters is 1. The summed E-state index contributed by atoms with van der Waals surface area (Å²) in [6, 6.07) is 13.0. The Balaban J connectivity index is 1.61. The van der Waals surface area contributed by atoms with Crippen LogP contribution in [-0.2, 0) is 11.3 Å². The summed E-state index contributed by atoms with van der Waals surface area (Å²) in [5.74, 6) is -0.483. The molecule has 8 heteroatoms. The van der Waals surface area contributed by atoms with Gasteiger partial charge in [-0.05, 0) is 30.3 Å². The molecule has 6 nitrogen and oxygen atoms in total. The summed E-state index contributed by atoms with van der Waals surface area (Å²) in [7, 11) is 0. The number of amides is 2. The van der Waals surface area contributed by atoms with Crippen molar-refractivity contribution in [3.8, 4) is 10.6 Å². The lowest BCUT2D eigenvalue weighted by atomic mass is 10.2. The number of nitrogens with one attached hydrogen (secondary N) is 1. The molecule has 1 heterocycles. The predicted molar refractivity (Wildman–Crippen MR) is 101 cm³/mol. The summed E-state index contributed by atoms with van der Waals surface area (Å²) in [5.41, 5.74) is 7.38. The minimum Gasteiger partial charge on any atom is -0.456 e. The van der Waals surface area contributed by atoms with Gasteiger partial charge in [-0.3, -0.25) is 0 Å². The Morgan fingerprint density at radius 1 is 1.15 bits per heavy atom. The first-order chi connectivity index (χ1) is 12.5. The van der Waals surface area contributed by atoms with E-state index in [1.807, 2.05) is 23.6 Å². The molecular formula is C18H14ClN3O3S. The molecule has 1 aromatic heterocycles. The SMILES string of the molecule is NC(=O)Nc1ccc(C(=O)OCc2csc(-c3ccccc3Cl)n2)cc1. The summed E-state index contributed by atoms with van der Waals surface area (Å²) in [4.78, 5) is 27.3. The fourth-order valence-electron chi connectivity index (χ4n) is 2.19. The van der Waals surface area contributed by atoms with Crippen LogP contribution in [0.3, 0.4) is 0 Å². The molecule has 0 atom stereocenters. The zero-order valence-electron chi connectivity index (χ0n) is 13.4. The van der Waals surface area contributed by atoms with E-state index in [2.05, 4.69) is 10.3 Å². The lowest BCUT2D eigenvalue weighted by Crippen LogP contribution is -2.19. The van der Waals surface area contributed by atoms with Crippen LogP contribution in [0.15, 0.2) is 53.9 Å². The van der Waals surface area contributed by atoms with Gasteiger partial charge in [0, 0.05) is 16.6 Å². The molecule has 0 aliphatic rings. The monoisotopic (exact) mass is 387 g/mol. The van der Waals surface area contributed by atoms with Gasteiger partial charge in [0.1, 0.15) is 11.6 Å². The highest BCUT2D eigenvalue weighted by molar-refractivity contribution is 7.13. The molecule has 0 spiro atoms. The van der Waals surface area contributed by atoms with Crippen LogP contribution in [0.2, 0.25) is 5.02 Å². The average molecular weight is 388 g/mol. The minimum atomic E-state index is -0.668. The van der Waals surface area contributed by atoms with Crippen LogP contribution in [0.1, 0.15) is 16.1 Å². The fraction of sp³-hybridized carbons (Fsp3) is 0.0556. The molecule has 0 saturated carbocycles. The van der Waals surface area contributed by atoms with E-state index in [-0.39, 0.29) is 6.61 Å². The van der Waals surface area contributed by atoms with Crippen molar-refractivity contribution in [3.05, 3.63) is 70.2 Å². The van der Waals surface area contributed by atoms with E-state index < -0.39 is 12.0 Å². The lowest BCUT2D eigenvalue weighted by Gasteiger charge is -2.05. The van der Waals surface area contributed by atoms with Gasteiger partial charge in [0.25, 0.3) is 0 Å². The Morgan fingerprint density at radius 3 is 2.58 bits per heavy atom. The number of benzene rings is 2. The number of nitrogens with two attached hydrogens (primary N) is 1. The van der Waals surface area contributed by atoms with Gasteiger partial charge in [-0.25, -0.2) is 14.6 Å². The van der Waals surface area contributed by atoms with Gasteiger partial charge in [-0.1, -0.05) is 29.8 Å². The van der Waals surface area contributed by atoms with E-state index in [4.69, 9.17) is 22.1 Å². The lowest BCUT2D eigenvalue weighted by molar-refractivity contribution is 0.0468. The molecule has 0 fully saturated rings. The molecule has 2 amide bonds. The first-order valence-corrected chi connectivity index (χ1v) is 8.81. The zero-order chi connectivity index (χ0) is 18.5. The standard InChI is InChI=1S/C18H14ClN3O3S/c19-15-4-2-1-3-14(15)16-21-13(10-26-16)9-25-17(23)11-5-7-12(8-6-11)22-18(20)24/h1-8,10H,9H2,(H3,20,22,24). The van der Waals surface area contributed by atoms with Gasteiger partial charge in [0.05, 0.1) is 16.3 Å². The van der Waals surface area contributed by atoms with Crippen LogP contribution in [0.25, 0.3) is 10.6 Å². The van der Waals surface area contributed by atoms with Crippen molar-refractivity contribution >= 4 is 40.6 Å². The van der Waals surface area contributed by atoms with Gasteiger partial charge >= 0.3 is 12.0 Å². The van der Waals surface area contributed by atoms with Crippen LogP contribution in [0.5, 0.6) is 0 Å². The third-order valence-electron chi connectivity index (χ3n) is 3.40. The summed E-state index contributed by atoms with van der Waals surface area (Å²) < 4.78 is 5.27. The summed E-state index contributed by atoms with van der Waals surface area (Å²) in [6.45, 7) is 0.0566. The second-order valence-electron chi connectivity index (χ2n) is 5.27. The first kappa shape index (κ1) is 17.9. The number of hydrogen-bond acceptors (Lipinski definition) is 5. The van der Waals surface area contributed by atoms with Gasteiger partial charge in [0.15, 0.2) is 0 Å². The number of aromatic nitrogens is 1. The van der Waals surface area contributed by atoms with Crippen LogP contribution in [-0.4, -0.2) is 17.0 Å². The highest BCUT2D eigenvalue weighted by Gasteiger charge is 2.11. The van der Waals surface area contributed by atoms with Crippen molar-refractivity contribution in [3.63, 3.8) is 0 Å². The molecule has 0 radical (unpaired) electrons. The van der Waals surface area contributed by atoms with Crippen molar-refractivity contribution < 1.29 is 14.3 Å². The number of urea groups is 1. The third kappa shape index (κ3) is 4.38. The van der Waals surface area contributed by atoms with E-state index in [0.717, 1.165) is 10.6 Å².